The summed E-state index contributed by atoms with van der Waals surface area (Å²) in [5.41, 5.74) is 4.17. The molecule has 1 saturated heterocycles. The number of hydrogen-bond donors (Lipinski definition) is 2. The van der Waals surface area contributed by atoms with E-state index in [1.807, 2.05) is 53.4 Å². The molecular weight excluding hydrogens is 390 g/mol. The molecule has 150 valence electrons. The Morgan fingerprint density at radius 3 is 2.24 bits per heavy atom. The zero-order valence-electron chi connectivity index (χ0n) is 15.8. The van der Waals surface area contributed by atoms with E-state index < -0.39 is 5.91 Å². The van der Waals surface area contributed by atoms with E-state index in [4.69, 9.17) is 16.8 Å². The quantitative estimate of drug-likeness (QED) is 0.450. The van der Waals surface area contributed by atoms with Crippen molar-refractivity contribution in [2.45, 2.75) is 0 Å². The Morgan fingerprint density at radius 1 is 0.931 bits per heavy atom. The van der Waals surface area contributed by atoms with Gasteiger partial charge in [0.15, 0.2) is 0 Å². The van der Waals surface area contributed by atoms with Gasteiger partial charge in [-0.25, -0.2) is 5.48 Å². The topological polar surface area (TPSA) is 72.9 Å². The Bertz CT molecular complexity index is 934. The van der Waals surface area contributed by atoms with Crippen LogP contribution in [0.1, 0.15) is 11.1 Å². The minimum absolute atomic E-state index is 0.0376. The number of carbonyl (C=O) groups excluding carboxylic acids is 2. The van der Waals surface area contributed by atoms with Gasteiger partial charge in [-0.05, 0) is 41.5 Å². The molecule has 0 unspecified atom stereocenters. The fourth-order valence-electron chi connectivity index (χ4n) is 3.12. The van der Waals surface area contributed by atoms with Gasteiger partial charge in [-0.1, -0.05) is 41.9 Å². The summed E-state index contributed by atoms with van der Waals surface area (Å²) in [4.78, 5) is 27.6. The van der Waals surface area contributed by atoms with Crippen LogP contribution in [-0.4, -0.2) is 48.1 Å². The van der Waals surface area contributed by atoms with Crippen LogP contribution in [0.3, 0.4) is 0 Å². The predicted molar refractivity (Wildman–Crippen MR) is 115 cm³/mol. The van der Waals surface area contributed by atoms with Crippen LogP contribution in [0.15, 0.2) is 60.7 Å². The average Bonchev–Trinajstić information content (AvgIpc) is 2.76. The molecule has 0 aliphatic carbocycles. The molecule has 1 fully saturated rings. The highest BCUT2D eigenvalue weighted by Crippen LogP contribution is 2.26. The number of para-hydroxylation sites is 1. The van der Waals surface area contributed by atoms with Gasteiger partial charge in [0.25, 0.3) is 5.91 Å². The minimum atomic E-state index is -0.600. The van der Waals surface area contributed by atoms with Gasteiger partial charge in [0.2, 0.25) is 5.91 Å². The summed E-state index contributed by atoms with van der Waals surface area (Å²) in [6.07, 6.45) is 6.13. The minimum Gasteiger partial charge on any atom is -0.367 e. The summed E-state index contributed by atoms with van der Waals surface area (Å²) in [6.45, 7) is 2.73. The Kier molecular flexibility index (Phi) is 7.05. The number of nitrogens with zero attached hydrogens (tertiary/aromatic N) is 2. The molecule has 0 spiro atoms. The third-order valence-corrected chi connectivity index (χ3v) is 4.97. The maximum Gasteiger partial charge on any atom is 0.267 e. The number of rotatable bonds is 5. The van der Waals surface area contributed by atoms with E-state index in [0.717, 1.165) is 34.9 Å². The van der Waals surface area contributed by atoms with E-state index >= 15 is 0 Å². The van der Waals surface area contributed by atoms with Crippen molar-refractivity contribution in [3.8, 4) is 0 Å². The Labute approximate surface area is 174 Å². The van der Waals surface area contributed by atoms with E-state index in [-0.39, 0.29) is 5.91 Å². The van der Waals surface area contributed by atoms with Crippen molar-refractivity contribution in [3.05, 3.63) is 76.8 Å². The highest BCUT2D eigenvalue weighted by molar-refractivity contribution is 6.33. The van der Waals surface area contributed by atoms with Crippen LogP contribution in [0.4, 0.5) is 5.69 Å². The molecule has 29 heavy (non-hydrogen) atoms. The Balaban J connectivity index is 1.57. The number of nitrogens with one attached hydrogen (secondary N) is 1. The number of piperazine rings is 1. The first-order chi connectivity index (χ1) is 14.1. The highest BCUT2D eigenvalue weighted by atomic mass is 35.5. The SMILES string of the molecule is O=C(C=Cc1cccc(C=CC(=O)N2CCN(c3ccccc3Cl)CC2)c1)NO. The van der Waals surface area contributed by atoms with Gasteiger partial charge < -0.3 is 9.80 Å². The van der Waals surface area contributed by atoms with Crippen molar-refractivity contribution in [3.63, 3.8) is 0 Å². The lowest BCUT2D eigenvalue weighted by atomic mass is 10.1. The number of amides is 2. The lowest BCUT2D eigenvalue weighted by Gasteiger charge is -2.36. The second-order valence-corrected chi connectivity index (χ2v) is 6.98. The van der Waals surface area contributed by atoms with Gasteiger partial charge in [-0.15, -0.1) is 0 Å². The number of anilines is 1. The number of benzene rings is 2. The van der Waals surface area contributed by atoms with Crippen LogP contribution >= 0.6 is 11.6 Å². The average molecular weight is 412 g/mol. The van der Waals surface area contributed by atoms with Gasteiger partial charge in [0.05, 0.1) is 10.7 Å². The van der Waals surface area contributed by atoms with Crippen LogP contribution in [0.5, 0.6) is 0 Å². The molecular formula is C22H22ClN3O3. The third kappa shape index (κ3) is 5.70. The normalized spacial score (nSPS) is 14.6. The molecule has 1 aliphatic rings. The zero-order chi connectivity index (χ0) is 20.6. The summed E-state index contributed by atoms with van der Waals surface area (Å²) in [7, 11) is 0. The molecule has 3 rings (SSSR count). The van der Waals surface area contributed by atoms with Gasteiger partial charge >= 0.3 is 0 Å². The summed E-state index contributed by atoms with van der Waals surface area (Å²) < 4.78 is 0. The second kappa shape index (κ2) is 9.91. The van der Waals surface area contributed by atoms with Crippen LogP contribution in [-0.2, 0) is 9.59 Å². The molecule has 7 heteroatoms. The number of hydroxylamine groups is 1. The van der Waals surface area contributed by atoms with E-state index in [1.165, 1.54) is 6.08 Å². The molecule has 0 atom stereocenters. The molecule has 6 nitrogen and oxygen atoms in total. The van der Waals surface area contributed by atoms with Crippen molar-refractivity contribution in [1.29, 1.82) is 0 Å². The van der Waals surface area contributed by atoms with Gasteiger partial charge in [-0.3, -0.25) is 14.8 Å². The van der Waals surface area contributed by atoms with Crippen molar-refractivity contribution in [1.82, 2.24) is 10.4 Å². The van der Waals surface area contributed by atoms with E-state index in [1.54, 1.807) is 23.7 Å². The number of halogens is 1. The predicted octanol–water partition coefficient (Wildman–Crippen LogP) is 3.22. The number of carbonyl (C=O) groups is 2. The maximum atomic E-state index is 12.5. The molecule has 0 radical (unpaired) electrons. The monoisotopic (exact) mass is 411 g/mol. The first-order valence-corrected chi connectivity index (χ1v) is 9.63. The first kappa shape index (κ1) is 20.6. The van der Waals surface area contributed by atoms with Crippen LogP contribution in [0.25, 0.3) is 12.2 Å². The van der Waals surface area contributed by atoms with Crippen molar-refractivity contribution < 1.29 is 14.8 Å². The van der Waals surface area contributed by atoms with Crippen molar-refractivity contribution in [2.24, 2.45) is 0 Å². The smallest absolute Gasteiger partial charge is 0.267 e. The molecule has 1 aliphatic heterocycles. The molecule has 0 saturated carbocycles. The van der Waals surface area contributed by atoms with Gasteiger partial charge in [0.1, 0.15) is 0 Å². The van der Waals surface area contributed by atoms with Gasteiger partial charge in [-0.2, -0.15) is 0 Å². The number of hydrogen-bond acceptors (Lipinski definition) is 4. The van der Waals surface area contributed by atoms with Gasteiger partial charge in [0, 0.05) is 38.3 Å². The van der Waals surface area contributed by atoms with E-state index in [2.05, 4.69) is 4.90 Å². The second-order valence-electron chi connectivity index (χ2n) is 6.58. The fraction of sp³-hybridized carbons (Fsp3) is 0.182. The highest BCUT2D eigenvalue weighted by Gasteiger charge is 2.20. The fourth-order valence-corrected chi connectivity index (χ4v) is 3.38. The summed E-state index contributed by atoms with van der Waals surface area (Å²) in [5.74, 6) is -0.638. The van der Waals surface area contributed by atoms with Crippen LogP contribution < -0.4 is 10.4 Å². The zero-order valence-corrected chi connectivity index (χ0v) is 16.5. The molecule has 0 bridgehead atoms. The molecule has 0 aromatic heterocycles. The molecule has 2 aromatic carbocycles. The lowest BCUT2D eigenvalue weighted by molar-refractivity contribution is -0.126. The molecule has 2 amide bonds. The molecule has 2 aromatic rings. The lowest BCUT2D eigenvalue weighted by Crippen LogP contribution is -2.48. The van der Waals surface area contributed by atoms with E-state index in [0.29, 0.717) is 13.1 Å². The van der Waals surface area contributed by atoms with E-state index in [9.17, 15) is 9.59 Å². The third-order valence-electron chi connectivity index (χ3n) is 4.65. The maximum absolute atomic E-state index is 12.5. The summed E-state index contributed by atoms with van der Waals surface area (Å²) in [6, 6.07) is 15.1. The van der Waals surface area contributed by atoms with Crippen LogP contribution in [0.2, 0.25) is 5.02 Å². The van der Waals surface area contributed by atoms with Crippen LogP contribution in [0, 0.1) is 0 Å². The molecule has 1 heterocycles. The standard InChI is InChI=1S/C22H22ClN3O3/c23-19-6-1-2-7-20(19)25-12-14-26(15-13-25)22(28)11-9-18-5-3-4-17(16-18)8-10-21(27)24-29/h1-11,16,29H,12-15H2,(H,24,27). The first-order valence-electron chi connectivity index (χ1n) is 9.25. The summed E-state index contributed by atoms with van der Waals surface area (Å²) in [5, 5.41) is 9.24. The van der Waals surface area contributed by atoms with Crippen molar-refractivity contribution in [2.75, 3.05) is 31.1 Å². The van der Waals surface area contributed by atoms with Crippen molar-refractivity contribution >= 4 is 41.3 Å². The summed E-state index contributed by atoms with van der Waals surface area (Å²) >= 11 is 6.26. The Hall–Kier alpha value is -3.09. The molecule has 2 N–H and O–H groups in total. The Morgan fingerprint density at radius 2 is 1.59 bits per heavy atom. The largest absolute Gasteiger partial charge is 0.367 e.